The van der Waals surface area contributed by atoms with Crippen molar-refractivity contribution in [2.75, 3.05) is 6.61 Å². The Morgan fingerprint density at radius 2 is 1.60 bits per heavy atom. The van der Waals surface area contributed by atoms with E-state index < -0.39 is 11.8 Å². The number of hydrogen-bond donors (Lipinski definition) is 0. The van der Waals surface area contributed by atoms with Gasteiger partial charge in [0.2, 0.25) is 0 Å². The van der Waals surface area contributed by atoms with E-state index in [4.69, 9.17) is 9.47 Å². The number of hydrogen-bond acceptors (Lipinski definition) is 4. The lowest BCUT2D eigenvalue weighted by molar-refractivity contribution is -0.164. The number of ether oxygens (including phenoxy) is 2. The molecule has 4 unspecified atom stereocenters. The van der Waals surface area contributed by atoms with E-state index in [9.17, 15) is 9.59 Å². The lowest BCUT2D eigenvalue weighted by Gasteiger charge is -2.27. The van der Waals surface area contributed by atoms with Crippen LogP contribution < -0.4 is 0 Å². The van der Waals surface area contributed by atoms with Gasteiger partial charge in [0.15, 0.2) is 0 Å². The standard InChI is InChI=1S/C26H38O4/c1-4-6-8-14-21(13-5-2)19-29-25(27)23-17-11-12-18-24(23)26(28)30-20(3)22-15-9-7-10-16-22/h7,9-12,15-16,20-21,23-24H,4-6,8,13-14,17-19H2,1-3H3. The summed E-state index contributed by atoms with van der Waals surface area (Å²) in [5.74, 6) is -1.09. The van der Waals surface area contributed by atoms with Crippen molar-refractivity contribution in [2.45, 2.75) is 78.2 Å². The predicted octanol–water partition coefficient (Wildman–Crippen LogP) is 6.41. The Hall–Kier alpha value is -2.10. The van der Waals surface area contributed by atoms with Crippen molar-refractivity contribution in [1.82, 2.24) is 0 Å². The Morgan fingerprint density at radius 3 is 2.23 bits per heavy atom. The molecule has 4 nitrogen and oxygen atoms in total. The van der Waals surface area contributed by atoms with Gasteiger partial charge in [-0.15, -0.1) is 0 Å². The summed E-state index contributed by atoms with van der Waals surface area (Å²) in [5.41, 5.74) is 0.950. The Labute approximate surface area is 182 Å². The van der Waals surface area contributed by atoms with Gasteiger partial charge in [0, 0.05) is 0 Å². The molecule has 0 fully saturated rings. The molecule has 2 rings (SSSR count). The van der Waals surface area contributed by atoms with Gasteiger partial charge in [0.05, 0.1) is 18.4 Å². The van der Waals surface area contributed by atoms with Crippen LogP contribution in [0.1, 0.15) is 83.8 Å². The molecule has 0 heterocycles. The highest BCUT2D eigenvalue weighted by atomic mass is 16.5. The molecule has 4 heteroatoms. The average Bonchev–Trinajstić information content (AvgIpc) is 2.78. The van der Waals surface area contributed by atoms with Gasteiger partial charge in [-0.1, -0.05) is 82.0 Å². The van der Waals surface area contributed by atoms with E-state index in [0.29, 0.717) is 25.4 Å². The van der Waals surface area contributed by atoms with Crippen molar-refractivity contribution in [3.8, 4) is 0 Å². The molecule has 166 valence electrons. The third-order valence-corrected chi connectivity index (χ3v) is 5.97. The van der Waals surface area contributed by atoms with Crippen molar-refractivity contribution in [2.24, 2.45) is 17.8 Å². The lowest BCUT2D eigenvalue weighted by Crippen LogP contribution is -2.34. The molecule has 0 spiro atoms. The third kappa shape index (κ3) is 7.62. The second-order valence-electron chi connectivity index (χ2n) is 8.43. The van der Waals surface area contributed by atoms with Gasteiger partial charge in [-0.05, 0) is 44.1 Å². The van der Waals surface area contributed by atoms with E-state index in [1.807, 2.05) is 49.4 Å². The van der Waals surface area contributed by atoms with E-state index in [1.165, 1.54) is 19.3 Å². The molecule has 0 saturated carbocycles. The first-order valence-electron chi connectivity index (χ1n) is 11.6. The van der Waals surface area contributed by atoms with Crippen LogP contribution in [0.25, 0.3) is 0 Å². The van der Waals surface area contributed by atoms with Crippen LogP contribution in [0.4, 0.5) is 0 Å². The smallest absolute Gasteiger partial charge is 0.310 e. The molecule has 0 aromatic heterocycles. The molecule has 1 aliphatic rings. The Morgan fingerprint density at radius 1 is 0.933 bits per heavy atom. The summed E-state index contributed by atoms with van der Waals surface area (Å²) in [6, 6.07) is 9.67. The van der Waals surface area contributed by atoms with Gasteiger partial charge < -0.3 is 9.47 Å². The van der Waals surface area contributed by atoms with Crippen LogP contribution in [0.3, 0.4) is 0 Å². The van der Waals surface area contributed by atoms with Gasteiger partial charge in [0.1, 0.15) is 6.10 Å². The number of allylic oxidation sites excluding steroid dienone is 2. The molecular formula is C26H38O4. The molecule has 4 atom stereocenters. The number of esters is 2. The second-order valence-corrected chi connectivity index (χ2v) is 8.43. The molecule has 1 aromatic carbocycles. The fourth-order valence-corrected chi connectivity index (χ4v) is 4.10. The van der Waals surface area contributed by atoms with Crippen molar-refractivity contribution in [1.29, 1.82) is 0 Å². The minimum Gasteiger partial charge on any atom is -0.465 e. The SMILES string of the molecule is CCCCCC(CCC)COC(=O)C1CC=CCC1C(=O)OC(C)c1ccccc1. The summed E-state index contributed by atoms with van der Waals surface area (Å²) in [4.78, 5) is 25.7. The van der Waals surface area contributed by atoms with Crippen LogP contribution in [0.5, 0.6) is 0 Å². The van der Waals surface area contributed by atoms with Gasteiger partial charge in [-0.3, -0.25) is 9.59 Å². The van der Waals surface area contributed by atoms with Crippen molar-refractivity contribution in [3.63, 3.8) is 0 Å². The monoisotopic (exact) mass is 414 g/mol. The Bertz CT molecular complexity index is 667. The molecule has 1 aliphatic carbocycles. The zero-order valence-corrected chi connectivity index (χ0v) is 18.8. The third-order valence-electron chi connectivity index (χ3n) is 5.97. The van der Waals surface area contributed by atoms with Crippen molar-refractivity contribution >= 4 is 11.9 Å². The highest BCUT2D eigenvalue weighted by molar-refractivity contribution is 5.83. The molecule has 0 radical (unpaired) electrons. The first-order chi connectivity index (χ1) is 14.6. The lowest BCUT2D eigenvalue weighted by atomic mass is 9.83. The summed E-state index contributed by atoms with van der Waals surface area (Å²) in [5, 5.41) is 0. The molecule has 0 amide bonds. The fourth-order valence-electron chi connectivity index (χ4n) is 4.10. The van der Waals surface area contributed by atoms with Gasteiger partial charge in [-0.2, -0.15) is 0 Å². The van der Waals surface area contributed by atoms with Crippen molar-refractivity contribution < 1.29 is 19.1 Å². The van der Waals surface area contributed by atoms with E-state index in [0.717, 1.165) is 24.8 Å². The minimum atomic E-state index is -0.474. The predicted molar refractivity (Wildman–Crippen MR) is 120 cm³/mol. The second kappa shape index (κ2) is 13.3. The van der Waals surface area contributed by atoms with Crippen molar-refractivity contribution in [3.05, 3.63) is 48.0 Å². The number of unbranched alkanes of at least 4 members (excludes halogenated alkanes) is 2. The largest absolute Gasteiger partial charge is 0.465 e. The van der Waals surface area contributed by atoms with E-state index >= 15 is 0 Å². The molecule has 0 N–H and O–H groups in total. The minimum absolute atomic E-state index is 0.259. The summed E-state index contributed by atoms with van der Waals surface area (Å²) >= 11 is 0. The number of rotatable bonds is 12. The Kier molecular flexibility index (Phi) is 10.7. The maximum atomic E-state index is 12.8. The molecular weight excluding hydrogens is 376 g/mol. The molecule has 30 heavy (non-hydrogen) atoms. The van der Waals surface area contributed by atoms with E-state index in [2.05, 4.69) is 13.8 Å². The summed E-state index contributed by atoms with van der Waals surface area (Å²) in [7, 11) is 0. The quantitative estimate of drug-likeness (QED) is 0.225. The molecule has 0 bridgehead atoms. The van der Waals surface area contributed by atoms with E-state index in [-0.39, 0.29) is 18.0 Å². The average molecular weight is 415 g/mol. The highest BCUT2D eigenvalue weighted by Crippen LogP contribution is 2.30. The van der Waals surface area contributed by atoms with Gasteiger partial charge >= 0.3 is 11.9 Å². The van der Waals surface area contributed by atoms with Crippen LogP contribution in [0.15, 0.2) is 42.5 Å². The van der Waals surface area contributed by atoms with Crippen LogP contribution in [-0.2, 0) is 19.1 Å². The first-order valence-corrected chi connectivity index (χ1v) is 11.6. The normalized spacial score (nSPS) is 20.4. The molecule has 0 aliphatic heterocycles. The zero-order valence-electron chi connectivity index (χ0n) is 18.8. The van der Waals surface area contributed by atoms with Gasteiger partial charge in [-0.25, -0.2) is 0 Å². The number of benzene rings is 1. The fraction of sp³-hybridized carbons (Fsp3) is 0.615. The molecule has 0 saturated heterocycles. The van der Waals surface area contributed by atoms with Crippen LogP contribution >= 0.6 is 0 Å². The van der Waals surface area contributed by atoms with Crippen LogP contribution in [0.2, 0.25) is 0 Å². The number of carbonyl (C=O) groups is 2. The topological polar surface area (TPSA) is 52.6 Å². The maximum Gasteiger partial charge on any atom is 0.310 e. The summed E-state index contributed by atoms with van der Waals surface area (Å²) < 4.78 is 11.4. The zero-order chi connectivity index (χ0) is 21.8. The number of carbonyl (C=O) groups excluding carboxylic acids is 2. The first kappa shape index (κ1) is 24.2. The molecule has 1 aromatic rings. The van der Waals surface area contributed by atoms with Crippen LogP contribution in [-0.4, -0.2) is 18.5 Å². The maximum absolute atomic E-state index is 12.8. The summed E-state index contributed by atoms with van der Waals surface area (Å²) in [6.07, 6.45) is 11.5. The Balaban J connectivity index is 1.92. The van der Waals surface area contributed by atoms with E-state index in [1.54, 1.807) is 0 Å². The highest BCUT2D eigenvalue weighted by Gasteiger charge is 2.37. The summed E-state index contributed by atoms with van der Waals surface area (Å²) in [6.45, 7) is 6.69. The van der Waals surface area contributed by atoms with Crippen LogP contribution in [0, 0.1) is 17.8 Å². The van der Waals surface area contributed by atoms with Gasteiger partial charge in [0.25, 0.3) is 0 Å².